The van der Waals surface area contributed by atoms with Crippen molar-refractivity contribution in [3.8, 4) is 0 Å². The van der Waals surface area contributed by atoms with Crippen molar-refractivity contribution >= 4 is 23.2 Å². The minimum atomic E-state index is 0.361. The smallest absolute Gasteiger partial charge is 0.0674 e. The van der Waals surface area contributed by atoms with Gasteiger partial charge in [-0.25, -0.2) is 0 Å². The van der Waals surface area contributed by atoms with Crippen LogP contribution in [0, 0.1) is 0 Å². The van der Waals surface area contributed by atoms with Gasteiger partial charge in [0.25, 0.3) is 0 Å². The van der Waals surface area contributed by atoms with Crippen LogP contribution in [0.2, 0.25) is 10.0 Å². The first-order valence-corrected chi connectivity index (χ1v) is 8.09. The molecule has 0 aliphatic heterocycles. The van der Waals surface area contributed by atoms with Gasteiger partial charge in [0.1, 0.15) is 0 Å². The third kappa shape index (κ3) is 4.47. The van der Waals surface area contributed by atoms with Gasteiger partial charge in [-0.1, -0.05) is 43.1 Å². The summed E-state index contributed by atoms with van der Waals surface area (Å²) in [6.07, 6.45) is 6.20. The zero-order chi connectivity index (χ0) is 15.2. The number of hydrogen-bond donors (Lipinski definition) is 1. The van der Waals surface area contributed by atoms with Crippen molar-refractivity contribution in [1.82, 2.24) is 15.1 Å². The number of nitrogens with one attached hydrogen (secondary N) is 1. The summed E-state index contributed by atoms with van der Waals surface area (Å²) in [5, 5.41) is 9.30. The minimum absolute atomic E-state index is 0.361. The van der Waals surface area contributed by atoms with E-state index < -0.39 is 0 Å². The van der Waals surface area contributed by atoms with Crippen molar-refractivity contribution in [1.29, 1.82) is 0 Å². The van der Waals surface area contributed by atoms with E-state index in [0.717, 1.165) is 24.9 Å². The molecular formula is C16H21Cl2N3. The molecule has 2 rings (SSSR count). The molecule has 1 aromatic carbocycles. The molecule has 0 saturated heterocycles. The second-order valence-corrected chi connectivity index (χ2v) is 5.97. The van der Waals surface area contributed by atoms with Crippen LogP contribution in [-0.2, 0) is 6.54 Å². The normalized spacial score (nSPS) is 12.6. The second-order valence-electron chi connectivity index (χ2n) is 5.12. The van der Waals surface area contributed by atoms with E-state index in [1.165, 1.54) is 5.56 Å². The van der Waals surface area contributed by atoms with Crippen LogP contribution in [0.25, 0.3) is 0 Å². The van der Waals surface area contributed by atoms with Crippen LogP contribution in [0.3, 0.4) is 0 Å². The Morgan fingerprint density at radius 2 is 2.10 bits per heavy atom. The number of benzene rings is 1. The molecule has 1 unspecified atom stereocenters. The van der Waals surface area contributed by atoms with Gasteiger partial charge in [0.2, 0.25) is 0 Å². The van der Waals surface area contributed by atoms with Crippen LogP contribution in [0.1, 0.15) is 43.9 Å². The monoisotopic (exact) mass is 325 g/mol. The van der Waals surface area contributed by atoms with Gasteiger partial charge < -0.3 is 5.32 Å². The number of halogens is 2. The Balaban J connectivity index is 2.08. The van der Waals surface area contributed by atoms with Gasteiger partial charge in [0, 0.05) is 27.8 Å². The highest BCUT2D eigenvalue weighted by Gasteiger charge is 2.11. The molecule has 0 spiro atoms. The SMILES string of the molecule is CCCNC(CC)c1cnn(Cc2ccc(Cl)cc2Cl)c1. The van der Waals surface area contributed by atoms with E-state index in [1.54, 1.807) is 6.07 Å². The third-order valence-electron chi connectivity index (χ3n) is 3.45. The van der Waals surface area contributed by atoms with E-state index in [4.69, 9.17) is 23.2 Å². The maximum Gasteiger partial charge on any atom is 0.0674 e. The lowest BCUT2D eigenvalue weighted by molar-refractivity contribution is 0.517. The Hall–Kier alpha value is -1.03. The predicted molar refractivity (Wildman–Crippen MR) is 89.1 cm³/mol. The van der Waals surface area contributed by atoms with Gasteiger partial charge in [-0.2, -0.15) is 5.10 Å². The number of rotatable bonds is 7. The molecule has 0 fully saturated rings. The van der Waals surface area contributed by atoms with E-state index in [2.05, 4.69) is 30.5 Å². The van der Waals surface area contributed by atoms with E-state index in [-0.39, 0.29) is 0 Å². The molecule has 5 heteroatoms. The fourth-order valence-electron chi connectivity index (χ4n) is 2.29. The lowest BCUT2D eigenvalue weighted by Crippen LogP contribution is -2.21. The second kappa shape index (κ2) is 7.83. The average Bonchev–Trinajstić information content (AvgIpc) is 2.91. The van der Waals surface area contributed by atoms with Crippen molar-refractivity contribution in [3.63, 3.8) is 0 Å². The minimum Gasteiger partial charge on any atom is -0.310 e. The molecule has 1 heterocycles. The van der Waals surface area contributed by atoms with Crippen molar-refractivity contribution in [3.05, 3.63) is 51.8 Å². The fraction of sp³-hybridized carbons (Fsp3) is 0.438. The molecule has 0 aliphatic rings. The highest BCUT2D eigenvalue weighted by molar-refractivity contribution is 6.35. The summed E-state index contributed by atoms with van der Waals surface area (Å²) in [6.45, 7) is 6.03. The molecule has 1 N–H and O–H groups in total. The molecule has 1 aromatic heterocycles. The Bertz CT molecular complexity index is 581. The summed E-state index contributed by atoms with van der Waals surface area (Å²) in [5.74, 6) is 0. The van der Waals surface area contributed by atoms with Crippen LogP contribution in [0.15, 0.2) is 30.6 Å². The third-order valence-corrected chi connectivity index (χ3v) is 4.04. The molecule has 3 nitrogen and oxygen atoms in total. The van der Waals surface area contributed by atoms with Crippen molar-refractivity contribution in [2.75, 3.05) is 6.54 Å². The molecule has 0 bridgehead atoms. The molecule has 21 heavy (non-hydrogen) atoms. The highest BCUT2D eigenvalue weighted by Crippen LogP contribution is 2.22. The molecule has 0 aliphatic carbocycles. The standard InChI is InChI=1S/C16H21Cl2N3/c1-3-7-19-16(4-2)13-9-20-21(11-13)10-12-5-6-14(17)8-15(12)18/h5-6,8-9,11,16,19H,3-4,7,10H2,1-2H3. The van der Waals surface area contributed by atoms with Gasteiger partial charge in [0.05, 0.1) is 12.7 Å². The van der Waals surface area contributed by atoms with Crippen molar-refractivity contribution in [2.24, 2.45) is 0 Å². The van der Waals surface area contributed by atoms with Crippen LogP contribution in [0.5, 0.6) is 0 Å². The average molecular weight is 326 g/mol. The van der Waals surface area contributed by atoms with E-state index in [9.17, 15) is 0 Å². The van der Waals surface area contributed by atoms with Crippen molar-refractivity contribution in [2.45, 2.75) is 39.3 Å². The quantitative estimate of drug-likeness (QED) is 0.800. The molecule has 114 valence electrons. The van der Waals surface area contributed by atoms with Crippen LogP contribution in [0.4, 0.5) is 0 Å². The molecule has 0 saturated carbocycles. The van der Waals surface area contributed by atoms with Gasteiger partial charge in [-0.15, -0.1) is 0 Å². The molecular weight excluding hydrogens is 305 g/mol. The maximum absolute atomic E-state index is 6.21. The lowest BCUT2D eigenvalue weighted by atomic mass is 10.1. The summed E-state index contributed by atoms with van der Waals surface area (Å²) in [6, 6.07) is 5.92. The Morgan fingerprint density at radius 1 is 1.29 bits per heavy atom. The van der Waals surface area contributed by atoms with Crippen LogP contribution < -0.4 is 5.32 Å². The highest BCUT2D eigenvalue weighted by atomic mass is 35.5. The zero-order valence-electron chi connectivity index (χ0n) is 12.4. The Labute approximate surface area is 136 Å². The molecule has 0 amide bonds. The van der Waals surface area contributed by atoms with Gasteiger partial charge in [-0.3, -0.25) is 4.68 Å². The predicted octanol–water partition coefficient (Wildman–Crippen LogP) is 4.69. The number of hydrogen-bond acceptors (Lipinski definition) is 2. The first-order chi connectivity index (χ1) is 10.1. The number of aromatic nitrogens is 2. The first-order valence-electron chi connectivity index (χ1n) is 7.33. The van der Waals surface area contributed by atoms with E-state index in [0.29, 0.717) is 22.6 Å². The van der Waals surface area contributed by atoms with Gasteiger partial charge in [0.15, 0.2) is 0 Å². The van der Waals surface area contributed by atoms with E-state index in [1.807, 2.05) is 23.0 Å². The first kappa shape index (κ1) is 16.3. The lowest BCUT2D eigenvalue weighted by Gasteiger charge is -2.14. The molecule has 2 aromatic rings. The van der Waals surface area contributed by atoms with Crippen LogP contribution in [-0.4, -0.2) is 16.3 Å². The summed E-state index contributed by atoms with van der Waals surface area (Å²) in [4.78, 5) is 0. The summed E-state index contributed by atoms with van der Waals surface area (Å²) >= 11 is 12.1. The maximum atomic E-state index is 6.21. The molecule has 0 radical (unpaired) electrons. The topological polar surface area (TPSA) is 29.9 Å². The number of nitrogens with zero attached hydrogens (tertiary/aromatic N) is 2. The Kier molecular flexibility index (Phi) is 6.09. The van der Waals surface area contributed by atoms with Gasteiger partial charge in [-0.05, 0) is 37.1 Å². The van der Waals surface area contributed by atoms with Gasteiger partial charge >= 0.3 is 0 Å². The molecule has 1 atom stereocenters. The van der Waals surface area contributed by atoms with Crippen LogP contribution >= 0.6 is 23.2 Å². The Morgan fingerprint density at radius 3 is 2.76 bits per heavy atom. The zero-order valence-corrected chi connectivity index (χ0v) is 14.0. The summed E-state index contributed by atoms with van der Waals surface area (Å²) < 4.78 is 1.92. The summed E-state index contributed by atoms with van der Waals surface area (Å²) in [5.41, 5.74) is 2.24. The summed E-state index contributed by atoms with van der Waals surface area (Å²) in [7, 11) is 0. The van der Waals surface area contributed by atoms with E-state index >= 15 is 0 Å². The fourth-order valence-corrected chi connectivity index (χ4v) is 2.76. The van der Waals surface area contributed by atoms with Crippen molar-refractivity contribution < 1.29 is 0 Å². The largest absolute Gasteiger partial charge is 0.310 e.